The van der Waals surface area contributed by atoms with E-state index in [9.17, 15) is 8.78 Å². The van der Waals surface area contributed by atoms with Gasteiger partial charge in [0, 0.05) is 0 Å². The standard InChI is InChI=1S/C26H22BrF2P/c27-30(23-13-4-1-5-14-23,24-15-6-2-7-16-24,25-17-8-3-9-18-25)20-21-11-10-12-22(19-21)26(28)29/h1-19,26H,20H2. The number of alkyl halides is 2. The maximum atomic E-state index is 13.4. The third-order valence-electron chi connectivity index (χ3n) is 5.57. The van der Waals surface area contributed by atoms with Crippen LogP contribution in [0.25, 0.3) is 0 Å². The van der Waals surface area contributed by atoms with Crippen LogP contribution in [0.2, 0.25) is 0 Å². The van der Waals surface area contributed by atoms with Crippen molar-refractivity contribution in [3.8, 4) is 0 Å². The molecule has 0 nitrogen and oxygen atoms in total. The number of benzene rings is 4. The van der Waals surface area contributed by atoms with Crippen molar-refractivity contribution in [1.29, 1.82) is 0 Å². The first-order valence-corrected chi connectivity index (χ1v) is 14.2. The van der Waals surface area contributed by atoms with Gasteiger partial charge < -0.3 is 0 Å². The predicted octanol–water partition coefficient (Wildman–Crippen LogP) is 6.96. The molecule has 4 rings (SSSR count). The van der Waals surface area contributed by atoms with Gasteiger partial charge in [-0.1, -0.05) is 0 Å². The van der Waals surface area contributed by atoms with Gasteiger partial charge in [-0.2, -0.15) is 0 Å². The van der Waals surface area contributed by atoms with Crippen LogP contribution in [-0.4, -0.2) is 0 Å². The van der Waals surface area contributed by atoms with Crippen LogP contribution in [0.1, 0.15) is 17.6 Å². The van der Waals surface area contributed by atoms with Crippen molar-refractivity contribution in [2.24, 2.45) is 0 Å². The van der Waals surface area contributed by atoms with E-state index in [1.165, 1.54) is 22.0 Å². The summed E-state index contributed by atoms with van der Waals surface area (Å²) in [6, 6.07) is 37.9. The van der Waals surface area contributed by atoms with Crippen LogP contribution in [0.4, 0.5) is 8.78 Å². The summed E-state index contributed by atoms with van der Waals surface area (Å²) in [6.45, 7) is 0. The predicted molar refractivity (Wildman–Crippen MR) is 129 cm³/mol. The molecule has 4 aromatic rings. The summed E-state index contributed by atoms with van der Waals surface area (Å²) in [6.07, 6.45) is -1.89. The molecule has 0 N–H and O–H groups in total. The molecule has 0 aliphatic carbocycles. The average Bonchev–Trinajstić information content (AvgIpc) is 2.81. The molecule has 0 saturated heterocycles. The number of rotatable bonds is 6. The Bertz CT molecular complexity index is 1020. The van der Waals surface area contributed by atoms with Gasteiger partial charge in [-0.15, -0.1) is 0 Å². The van der Waals surface area contributed by atoms with Crippen LogP contribution in [0, 0.1) is 0 Å². The summed E-state index contributed by atoms with van der Waals surface area (Å²) in [5.74, 6) is 0. The Morgan fingerprint density at radius 2 is 1.03 bits per heavy atom. The van der Waals surface area contributed by atoms with Gasteiger partial charge >= 0.3 is 184 Å². The molecule has 0 amide bonds. The topological polar surface area (TPSA) is 0 Å². The molecule has 0 aromatic heterocycles. The van der Waals surface area contributed by atoms with E-state index in [1.54, 1.807) is 12.1 Å². The van der Waals surface area contributed by atoms with E-state index < -0.39 is 11.7 Å². The van der Waals surface area contributed by atoms with Crippen LogP contribution < -0.4 is 15.9 Å². The van der Waals surface area contributed by atoms with E-state index in [-0.39, 0.29) is 5.56 Å². The molecular weight excluding hydrogens is 461 g/mol. The van der Waals surface area contributed by atoms with E-state index in [1.807, 2.05) is 60.7 Å². The molecule has 0 atom stereocenters. The molecule has 0 aliphatic heterocycles. The summed E-state index contributed by atoms with van der Waals surface area (Å²) in [7, 11) is 0. The van der Waals surface area contributed by atoms with Gasteiger partial charge in [0.15, 0.2) is 0 Å². The van der Waals surface area contributed by atoms with Crippen molar-refractivity contribution in [3.63, 3.8) is 0 Å². The van der Waals surface area contributed by atoms with Gasteiger partial charge in [0.05, 0.1) is 0 Å². The van der Waals surface area contributed by atoms with Crippen LogP contribution in [-0.2, 0) is 6.16 Å². The molecule has 4 heteroatoms. The number of hydrogen-bond acceptors (Lipinski definition) is 0. The third kappa shape index (κ3) is 3.62. The molecule has 0 heterocycles. The molecule has 152 valence electrons. The van der Waals surface area contributed by atoms with Gasteiger partial charge in [-0.25, -0.2) is 0 Å². The van der Waals surface area contributed by atoms with E-state index in [0.717, 1.165) is 5.56 Å². The van der Waals surface area contributed by atoms with E-state index in [2.05, 4.69) is 51.9 Å². The van der Waals surface area contributed by atoms with Crippen LogP contribution >= 0.6 is 20.8 Å². The van der Waals surface area contributed by atoms with Crippen LogP contribution in [0.3, 0.4) is 0 Å². The Morgan fingerprint density at radius 1 is 0.600 bits per heavy atom. The van der Waals surface area contributed by atoms with E-state index >= 15 is 0 Å². The Hall–Kier alpha value is -2.35. The second-order valence-corrected chi connectivity index (χ2v) is 16.3. The fourth-order valence-electron chi connectivity index (χ4n) is 4.11. The molecule has 0 radical (unpaired) electrons. The van der Waals surface area contributed by atoms with Crippen molar-refractivity contribution in [3.05, 3.63) is 126 Å². The summed E-state index contributed by atoms with van der Waals surface area (Å²) in [4.78, 5) is 0. The second-order valence-electron chi connectivity index (χ2n) is 7.39. The Balaban J connectivity index is 2.05. The minimum atomic E-state index is -3.17. The Kier molecular flexibility index (Phi) is 5.86. The van der Waals surface area contributed by atoms with Crippen molar-refractivity contribution in [1.82, 2.24) is 0 Å². The molecule has 30 heavy (non-hydrogen) atoms. The quantitative estimate of drug-likeness (QED) is 0.260. The van der Waals surface area contributed by atoms with E-state index in [4.69, 9.17) is 0 Å². The van der Waals surface area contributed by atoms with E-state index in [0.29, 0.717) is 6.16 Å². The van der Waals surface area contributed by atoms with Crippen molar-refractivity contribution in [2.45, 2.75) is 12.6 Å². The molecule has 0 bridgehead atoms. The van der Waals surface area contributed by atoms with Gasteiger partial charge in [0.1, 0.15) is 0 Å². The fraction of sp³-hybridized carbons (Fsp3) is 0.0769. The average molecular weight is 483 g/mol. The van der Waals surface area contributed by atoms with Crippen molar-refractivity contribution < 1.29 is 8.78 Å². The van der Waals surface area contributed by atoms with Crippen LogP contribution in [0.15, 0.2) is 115 Å². The van der Waals surface area contributed by atoms with Gasteiger partial charge in [-0.3, -0.25) is 0 Å². The monoisotopic (exact) mass is 482 g/mol. The minimum absolute atomic E-state index is 0.0549. The Morgan fingerprint density at radius 3 is 1.43 bits per heavy atom. The zero-order valence-corrected chi connectivity index (χ0v) is 18.8. The SMILES string of the molecule is FC(F)c1cccc(CP(Br)(c2ccccc2)(c2ccccc2)c2ccccc2)c1. The Labute approximate surface area is 184 Å². The zero-order chi connectivity index (χ0) is 21.1. The first kappa shape index (κ1) is 20.9. The van der Waals surface area contributed by atoms with Crippen molar-refractivity contribution in [2.75, 3.05) is 0 Å². The summed E-state index contributed by atoms with van der Waals surface area (Å²) in [5.41, 5.74) is 0.943. The van der Waals surface area contributed by atoms with Gasteiger partial charge in [0.25, 0.3) is 0 Å². The number of halogens is 3. The molecule has 4 aromatic carbocycles. The first-order chi connectivity index (χ1) is 14.5. The van der Waals surface area contributed by atoms with Crippen molar-refractivity contribution >= 4 is 36.7 Å². The normalized spacial score (nSPS) is 13.0. The maximum absolute atomic E-state index is 13.4. The molecule has 0 unspecified atom stereocenters. The molecule has 0 spiro atoms. The zero-order valence-electron chi connectivity index (χ0n) is 16.3. The van der Waals surface area contributed by atoms with Gasteiger partial charge in [-0.05, 0) is 0 Å². The molecular formula is C26H22BrF2P. The van der Waals surface area contributed by atoms with Gasteiger partial charge in [0.2, 0.25) is 0 Å². The molecule has 0 aliphatic rings. The molecule has 0 fully saturated rings. The summed E-state index contributed by atoms with van der Waals surface area (Å²) < 4.78 is 26.9. The third-order valence-corrected chi connectivity index (χ3v) is 15.1. The first-order valence-electron chi connectivity index (χ1n) is 9.79. The number of hydrogen-bond donors (Lipinski definition) is 0. The molecule has 0 saturated carbocycles. The second kappa shape index (κ2) is 8.41. The summed E-state index contributed by atoms with van der Waals surface area (Å²) in [5, 5.41) is 0.337. The summed E-state index contributed by atoms with van der Waals surface area (Å²) >= 11 is 4.36. The fourth-order valence-corrected chi connectivity index (χ4v) is 11.8. The van der Waals surface area contributed by atoms with Crippen LogP contribution in [0.5, 0.6) is 0 Å².